The number of benzene rings is 1. The van der Waals surface area contributed by atoms with Crippen LogP contribution in [0.4, 0.5) is 13.2 Å². The van der Waals surface area contributed by atoms with Crippen LogP contribution in [0.1, 0.15) is 11.5 Å². The smallest absolute Gasteiger partial charge is 0.441 e. The summed E-state index contributed by atoms with van der Waals surface area (Å²) in [7, 11) is 1.29. The molecule has 1 aromatic rings. The molecule has 0 aromatic heterocycles. The SMILES string of the molecule is COC(=O)C(CNCCSC(F)(F)F)c1ccccc1. The summed E-state index contributed by atoms with van der Waals surface area (Å²) in [4.78, 5) is 11.7. The summed E-state index contributed by atoms with van der Waals surface area (Å²) in [6.45, 7) is 0.416. The van der Waals surface area contributed by atoms with Crippen molar-refractivity contribution in [2.24, 2.45) is 0 Å². The van der Waals surface area contributed by atoms with Crippen LogP contribution in [-0.2, 0) is 9.53 Å². The zero-order chi connectivity index (χ0) is 15.0. The van der Waals surface area contributed by atoms with Gasteiger partial charge in [0.2, 0.25) is 0 Å². The van der Waals surface area contributed by atoms with Gasteiger partial charge in [0.05, 0.1) is 13.0 Å². The summed E-state index contributed by atoms with van der Waals surface area (Å²) in [6.07, 6.45) is 0. The number of methoxy groups -OCH3 is 1. The zero-order valence-corrected chi connectivity index (χ0v) is 11.8. The Morgan fingerprint density at radius 3 is 2.55 bits per heavy atom. The van der Waals surface area contributed by atoms with Gasteiger partial charge in [0.1, 0.15) is 0 Å². The first-order valence-electron chi connectivity index (χ1n) is 5.98. The van der Waals surface area contributed by atoms with Gasteiger partial charge in [-0.3, -0.25) is 4.79 Å². The van der Waals surface area contributed by atoms with E-state index in [1.54, 1.807) is 24.3 Å². The summed E-state index contributed by atoms with van der Waals surface area (Å²) < 4.78 is 40.6. The van der Waals surface area contributed by atoms with E-state index in [0.717, 1.165) is 5.56 Å². The molecule has 112 valence electrons. The molecule has 0 aliphatic carbocycles. The Morgan fingerprint density at radius 2 is 2.00 bits per heavy atom. The van der Waals surface area contributed by atoms with Crippen molar-refractivity contribution < 1.29 is 22.7 Å². The third-order valence-corrected chi connectivity index (χ3v) is 3.32. The van der Waals surface area contributed by atoms with Crippen molar-refractivity contribution in [3.05, 3.63) is 35.9 Å². The predicted octanol–water partition coefficient (Wildman–Crippen LogP) is 2.79. The standard InChI is InChI=1S/C13H16F3NO2S/c1-19-12(18)11(10-5-3-2-4-6-10)9-17-7-8-20-13(14,15)16/h2-6,11,17H,7-9H2,1H3. The van der Waals surface area contributed by atoms with Crippen LogP contribution in [0.2, 0.25) is 0 Å². The number of ether oxygens (including phenoxy) is 1. The number of nitrogens with one attached hydrogen (secondary N) is 1. The van der Waals surface area contributed by atoms with Crippen LogP contribution in [0, 0.1) is 0 Å². The lowest BCUT2D eigenvalue weighted by Crippen LogP contribution is -2.29. The number of halogens is 3. The second kappa shape index (κ2) is 8.16. The van der Waals surface area contributed by atoms with Crippen molar-refractivity contribution in [3.63, 3.8) is 0 Å². The van der Waals surface area contributed by atoms with E-state index in [1.165, 1.54) is 7.11 Å². The first kappa shape index (κ1) is 16.8. The van der Waals surface area contributed by atoms with Gasteiger partial charge in [-0.15, -0.1) is 0 Å². The molecule has 1 N–H and O–H groups in total. The Bertz CT molecular complexity index is 412. The Hall–Kier alpha value is -1.21. The van der Waals surface area contributed by atoms with E-state index < -0.39 is 17.4 Å². The monoisotopic (exact) mass is 307 g/mol. The maximum Gasteiger partial charge on any atom is 0.441 e. The molecule has 1 aromatic carbocycles. The van der Waals surface area contributed by atoms with Crippen LogP contribution in [0.15, 0.2) is 30.3 Å². The van der Waals surface area contributed by atoms with Crippen LogP contribution in [0.3, 0.4) is 0 Å². The van der Waals surface area contributed by atoms with E-state index in [9.17, 15) is 18.0 Å². The normalized spacial score (nSPS) is 13.0. The Balaban J connectivity index is 2.45. The number of rotatable bonds is 7. The molecule has 0 heterocycles. The zero-order valence-electron chi connectivity index (χ0n) is 10.9. The summed E-state index contributed by atoms with van der Waals surface area (Å²) in [5.41, 5.74) is -3.45. The first-order chi connectivity index (χ1) is 9.44. The lowest BCUT2D eigenvalue weighted by Gasteiger charge is -2.16. The average Bonchev–Trinajstić information content (AvgIpc) is 2.42. The lowest BCUT2D eigenvalue weighted by atomic mass is 9.99. The fraction of sp³-hybridized carbons (Fsp3) is 0.462. The van der Waals surface area contributed by atoms with E-state index in [0.29, 0.717) is 0 Å². The molecule has 1 unspecified atom stereocenters. The van der Waals surface area contributed by atoms with Gasteiger partial charge < -0.3 is 10.1 Å². The molecule has 0 saturated heterocycles. The third kappa shape index (κ3) is 6.29. The Kier molecular flexibility index (Phi) is 6.87. The van der Waals surface area contributed by atoms with E-state index in [4.69, 9.17) is 4.74 Å². The minimum atomic E-state index is -4.22. The fourth-order valence-electron chi connectivity index (χ4n) is 1.65. The Morgan fingerprint density at radius 1 is 1.35 bits per heavy atom. The summed E-state index contributed by atoms with van der Waals surface area (Å²) in [6, 6.07) is 8.99. The highest BCUT2D eigenvalue weighted by Crippen LogP contribution is 2.29. The molecule has 0 aliphatic heterocycles. The van der Waals surface area contributed by atoms with Gasteiger partial charge >= 0.3 is 11.5 Å². The van der Waals surface area contributed by atoms with Crippen LogP contribution < -0.4 is 5.32 Å². The van der Waals surface area contributed by atoms with E-state index in [1.807, 2.05) is 6.07 Å². The molecule has 3 nitrogen and oxygen atoms in total. The number of carbonyl (C=O) groups excluding carboxylic acids is 1. The number of hydrogen-bond donors (Lipinski definition) is 1. The minimum absolute atomic E-state index is 0.0835. The second-order valence-electron chi connectivity index (χ2n) is 3.98. The first-order valence-corrected chi connectivity index (χ1v) is 6.97. The molecular weight excluding hydrogens is 291 g/mol. The highest BCUT2D eigenvalue weighted by Gasteiger charge is 2.27. The molecule has 20 heavy (non-hydrogen) atoms. The van der Waals surface area contributed by atoms with Crippen molar-refractivity contribution in [1.29, 1.82) is 0 Å². The van der Waals surface area contributed by atoms with Gasteiger partial charge in [-0.2, -0.15) is 13.2 Å². The van der Waals surface area contributed by atoms with E-state index in [-0.39, 0.29) is 30.6 Å². The van der Waals surface area contributed by atoms with Crippen molar-refractivity contribution >= 4 is 17.7 Å². The van der Waals surface area contributed by atoms with E-state index >= 15 is 0 Å². The topological polar surface area (TPSA) is 38.3 Å². The van der Waals surface area contributed by atoms with Crippen molar-refractivity contribution in [2.45, 2.75) is 11.4 Å². The van der Waals surface area contributed by atoms with Gasteiger partial charge in [-0.25, -0.2) is 0 Å². The van der Waals surface area contributed by atoms with Crippen LogP contribution >= 0.6 is 11.8 Å². The summed E-state index contributed by atoms with van der Waals surface area (Å²) >= 11 is -0.0835. The molecule has 0 radical (unpaired) electrons. The summed E-state index contributed by atoms with van der Waals surface area (Å²) in [5.74, 6) is -1.02. The number of esters is 1. The molecule has 0 amide bonds. The van der Waals surface area contributed by atoms with E-state index in [2.05, 4.69) is 5.32 Å². The Labute approximate surface area is 119 Å². The number of thioether (sulfide) groups is 1. The van der Waals surface area contributed by atoms with Crippen LogP contribution in [-0.4, -0.2) is 37.4 Å². The second-order valence-corrected chi connectivity index (χ2v) is 5.14. The van der Waals surface area contributed by atoms with Crippen molar-refractivity contribution in [1.82, 2.24) is 5.32 Å². The maximum absolute atomic E-state index is 12.0. The van der Waals surface area contributed by atoms with Gasteiger partial charge in [0.25, 0.3) is 0 Å². The molecule has 1 rings (SSSR count). The molecular formula is C13H16F3NO2S. The molecule has 1 atom stereocenters. The quantitative estimate of drug-likeness (QED) is 0.621. The highest BCUT2D eigenvalue weighted by molar-refractivity contribution is 8.00. The van der Waals surface area contributed by atoms with Gasteiger partial charge in [-0.05, 0) is 17.3 Å². The van der Waals surface area contributed by atoms with Crippen LogP contribution in [0.25, 0.3) is 0 Å². The molecule has 0 spiro atoms. The summed E-state index contributed by atoms with van der Waals surface area (Å²) in [5, 5.41) is 2.85. The number of hydrogen-bond acceptors (Lipinski definition) is 4. The fourth-order valence-corrected chi connectivity index (χ4v) is 2.13. The van der Waals surface area contributed by atoms with Crippen LogP contribution in [0.5, 0.6) is 0 Å². The predicted molar refractivity (Wildman–Crippen MR) is 72.6 cm³/mol. The largest absolute Gasteiger partial charge is 0.469 e. The number of carbonyl (C=O) groups is 1. The maximum atomic E-state index is 12.0. The number of alkyl halides is 3. The van der Waals surface area contributed by atoms with Gasteiger partial charge in [0.15, 0.2) is 0 Å². The van der Waals surface area contributed by atoms with Crippen molar-refractivity contribution in [3.8, 4) is 0 Å². The van der Waals surface area contributed by atoms with Gasteiger partial charge in [-0.1, -0.05) is 30.3 Å². The highest BCUT2D eigenvalue weighted by atomic mass is 32.2. The molecule has 0 aliphatic rings. The average molecular weight is 307 g/mol. The lowest BCUT2D eigenvalue weighted by molar-refractivity contribution is -0.142. The molecule has 0 saturated carbocycles. The molecule has 0 fully saturated rings. The third-order valence-electron chi connectivity index (χ3n) is 2.58. The van der Waals surface area contributed by atoms with Crippen molar-refractivity contribution in [2.75, 3.05) is 26.0 Å². The molecule has 7 heteroatoms. The molecule has 0 bridgehead atoms. The minimum Gasteiger partial charge on any atom is -0.469 e. The van der Waals surface area contributed by atoms with Gasteiger partial charge in [0, 0.05) is 18.8 Å².